The van der Waals surface area contributed by atoms with Gasteiger partial charge in [-0.1, -0.05) is 12.1 Å². The summed E-state index contributed by atoms with van der Waals surface area (Å²) in [5.74, 6) is -0.980. The zero-order chi connectivity index (χ0) is 15.6. The third-order valence-electron chi connectivity index (χ3n) is 3.82. The Bertz CT molecular complexity index is 540. The average Bonchev–Trinajstić information content (AvgIpc) is 2.86. The summed E-state index contributed by atoms with van der Waals surface area (Å²) in [6.45, 7) is 5.31. The first kappa shape index (κ1) is 15.5. The molecule has 1 heterocycles. The van der Waals surface area contributed by atoms with Gasteiger partial charge in [-0.15, -0.1) is 0 Å². The van der Waals surface area contributed by atoms with Crippen LogP contribution in [0.3, 0.4) is 0 Å². The molecule has 1 aromatic carbocycles. The molecule has 21 heavy (non-hydrogen) atoms. The maximum absolute atomic E-state index is 12.0. The van der Waals surface area contributed by atoms with Gasteiger partial charge in [-0.3, -0.25) is 15.0 Å². The van der Waals surface area contributed by atoms with Crippen LogP contribution in [0.5, 0.6) is 0 Å². The highest BCUT2D eigenvalue weighted by Crippen LogP contribution is 2.24. The van der Waals surface area contributed by atoms with Crippen molar-refractivity contribution in [3.05, 3.63) is 29.8 Å². The van der Waals surface area contributed by atoms with E-state index in [-0.39, 0.29) is 18.0 Å². The van der Waals surface area contributed by atoms with Crippen molar-refractivity contribution in [1.29, 1.82) is 0 Å². The fourth-order valence-electron chi connectivity index (χ4n) is 2.21. The number of carboxylic acids is 1. The van der Waals surface area contributed by atoms with Crippen LogP contribution in [0.4, 0.5) is 5.69 Å². The van der Waals surface area contributed by atoms with E-state index >= 15 is 0 Å². The van der Waals surface area contributed by atoms with E-state index in [9.17, 15) is 14.7 Å². The molecule has 2 unspecified atom stereocenters. The number of hydrazine groups is 1. The number of carbonyl (C=O) groups excluding carboxylic acids is 1. The fraction of sp³-hybridized carbons (Fsp3) is 0.467. The van der Waals surface area contributed by atoms with Crippen molar-refractivity contribution in [3.63, 3.8) is 0 Å². The SMILES string of the molecule is CC1CC(C(=O)Nc2ccc(C(C)(C)C(=O)O)cc2)NN1. The van der Waals surface area contributed by atoms with Gasteiger partial charge < -0.3 is 10.4 Å². The number of aliphatic carboxylic acids is 1. The Morgan fingerprint density at radius 3 is 2.33 bits per heavy atom. The van der Waals surface area contributed by atoms with E-state index in [4.69, 9.17) is 0 Å². The second-order valence-electron chi connectivity index (χ2n) is 5.97. The highest BCUT2D eigenvalue weighted by molar-refractivity contribution is 5.95. The van der Waals surface area contributed by atoms with Crippen LogP contribution >= 0.6 is 0 Å². The summed E-state index contributed by atoms with van der Waals surface area (Å²) in [6, 6.07) is 6.92. The van der Waals surface area contributed by atoms with Crippen LogP contribution in [0.25, 0.3) is 0 Å². The molecule has 0 radical (unpaired) electrons. The molecule has 1 aliphatic rings. The maximum atomic E-state index is 12.0. The molecule has 0 aliphatic carbocycles. The number of nitrogens with one attached hydrogen (secondary N) is 3. The summed E-state index contributed by atoms with van der Waals surface area (Å²) in [5.41, 5.74) is 6.34. The second-order valence-corrected chi connectivity index (χ2v) is 5.97. The van der Waals surface area contributed by atoms with Gasteiger partial charge in [-0.25, -0.2) is 5.43 Å². The van der Waals surface area contributed by atoms with Crippen LogP contribution in [0.1, 0.15) is 32.8 Å². The molecule has 1 fully saturated rings. The molecule has 0 saturated carbocycles. The largest absolute Gasteiger partial charge is 0.481 e. The molecule has 0 spiro atoms. The first-order valence-electron chi connectivity index (χ1n) is 6.96. The number of anilines is 1. The van der Waals surface area contributed by atoms with Crippen molar-refractivity contribution in [1.82, 2.24) is 10.9 Å². The third-order valence-corrected chi connectivity index (χ3v) is 3.82. The predicted molar refractivity (Wildman–Crippen MR) is 79.9 cm³/mol. The first-order chi connectivity index (χ1) is 9.80. The van der Waals surface area contributed by atoms with Crippen molar-refractivity contribution in [2.75, 3.05) is 5.32 Å². The molecule has 2 atom stereocenters. The molecule has 114 valence electrons. The Morgan fingerprint density at radius 1 is 1.24 bits per heavy atom. The number of hydrogen-bond donors (Lipinski definition) is 4. The van der Waals surface area contributed by atoms with Gasteiger partial charge in [-0.2, -0.15) is 0 Å². The lowest BCUT2D eigenvalue weighted by Gasteiger charge is -2.20. The normalized spacial score (nSPS) is 22.0. The molecular weight excluding hydrogens is 270 g/mol. The van der Waals surface area contributed by atoms with Crippen molar-refractivity contribution in [2.24, 2.45) is 0 Å². The summed E-state index contributed by atoms with van der Waals surface area (Å²) >= 11 is 0. The van der Waals surface area contributed by atoms with Crippen LogP contribution in [-0.4, -0.2) is 29.1 Å². The van der Waals surface area contributed by atoms with Crippen molar-refractivity contribution >= 4 is 17.6 Å². The molecule has 2 rings (SSSR count). The minimum atomic E-state index is -0.950. The van der Waals surface area contributed by atoms with Crippen molar-refractivity contribution in [3.8, 4) is 0 Å². The Kier molecular flexibility index (Phi) is 4.29. The van der Waals surface area contributed by atoms with Gasteiger partial charge in [0.15, 0.2) is 0 Å². The fourth-order valence-corrected chi connectivity index (χ4v) is 2.21. The maximum Gasteiger partial charge on any atom is 0.313 e. The lowest BCUT2D eigenvalue weighted by molar-refractivity contribution is -0.142. The van der Waals surface area contributed by atoms with Crippen LogP contribution in [-0.2, 0) is 15.0 Å². The minimum Gasteiger partial charge on any atom is -0.481 e. The number of hydrogen-bond acceptors (Lipinski definition) is 4. The van der Waals surface area contributed by atoms with Gasteiger partial charge in [0, 0.05) is 11.7 Å². The van der Waals surface area contributed by atoms with Crippen LogP contribution < -0.4 is 16.2 Å². The van der Waals surface area contributed by atoms with Crippen LogP contribution in [0.2, 0.25) is 0 Å². The van der Waals surface area contributed by atoms with Crippen molar-refractivity contribution < 1.29 is 14.7 Å². The first-order valence-corrected chi connectivity index (χ1v) is 6.96. The van der Waals surface area contributed by atoms with Gasteiger partial charge in [0.05, 0.1) is 5.41 Å². The lowest BCUT2D eigenvalue weighted by Crippen LogP contribution is -2.39. The monoisotopic (exact) mass is 291 g/mol. The van der Waals surface area contributed by atoms with E-state index in [2.05, 4.69) is 16.2 Å². The van der Waals surface area contributed by atoms with Gasteiger partial charge in [0.1, 0.15) is 6.04 Å². The van der Waals surface area contributed by atoms with Gasteiger partial charge >= 0.3 is 5.97 Å². The lowest BCUT2D eigenvalue weighted by atomic mass is 9.85. The Morgan fingerprint density at radius 2 is 1.86 bits per heavy atom. The molecule has 4 N–H and O–H groups in total. The van der Waals surface area contributed by atoms with Crippen molar-refractivity contribution in [2.45, 2.75) is 44.7 Å². The standard InChI is InChI=1S/C15H21N3O3/c1-9-8-12(18-17-9)13(19)16-11-6-4-10(5-7-11)15(2,3)14(20)21/h4-7,9,12,17-18H,8H2,1-3H3,(H,16,19)(H,20,21). The minimum absolute atomic E-state index is 0.0999. The number of amides is 1. The van der Waals surface area contributed by atoms with E-state index in [0.717, 1.165) is 6.42 Å². The molecule has 6 nitrogen and oxygen atoms in total. The number of carboxylic acid groups (broad SMARTS) is 1. The molecule has 1 saturated heterocycles. The van der Waals surface area contributed by atoms with E-state index in [1.165, 1.54) is 0 Å². The quantitative estimate of drug-likeness (QED) is 0.670. The Balaban J connectivity index is 2.03. The zero-order valence-electron chi connectivity index (χ0n) is 12.4. The number of carbonyl (C=O) groups is 2. The molecule has 1 amide bonds. The van der Waals surface area contributed by atoms with E-state index in [1.807, 2.05) is 6.92 Å². The predicted octanol–water partition coefficient (Wildman–Crippen LogP) is 1.24. The second kappa shape index (κ2) is 5.83. The molecule has 1 aromatic rings. The highest BCUT2D eigenvalue weighted by Gasteiger charge is 2.29. The summed E-state index contributed by atoms with van der Waals surface area (Å²) in [5, 5.41) is 12.0. The topological polar surface area (TPSA) is 90.5 Å². The summed E-state index contributed by atoms with van der Waals surface area (Å²) in [4.78, 5) is 23.2. The van der Waals surface area contributed by atoms with E-state index < -0.39 is 11.4 Å². The highest BCUT2D eigenvalue weighted by atomic mass is 16.4. The summed E-state index contributed by atoms with van der Waals surface area (Å²) < 4.78 is 0. The smallest absolute Gasteiger partial charge is 0.313 e. The summed E-state index contributed by atoms with van der Waals surface area (Å²) in [6.07, 6.45) is 0.732. The van der Waals surface area contributed by atoms with Crippen LogP contribution in [0, 0.1) is 0 Å². The number of benzene rings is 1. The zero-order valence-corrected chi connectivity index (χ0v) is 12.4. The van der Waals surface area contributed by atoms with Gasteiger partial charge in [0.2, 0.25) is 5.91 Å². The molecular formula is C15H21N3O3. The molecule has 0 bridgehead atoms. The number of rotatable bonds is 4. The Hall–Kier alpha value is -1.92. The summed E-state index contributed by atoms with van der Waals surface area (Å²) in [7, 11) is 0. The van der Waals surface area contributed by atoms with Gasteiger partial charge in [-0.05, 0) is 44.9 Å². The molecule has 1 aliphatic heterocycles. The van der Waals surface area contributed by atoms with E-state index in [1.54, 1.807) is 38.1 Å². The van der Waals surface area contributed by atoms with Gasteiger partial charge in [0.25, 0.3) is 0 Å². The third kappa shape index (κ3) is 3.40. The molecule has 0 aromatic heterocycles. The molecule has 6 heteroatoms. The van der Waals surface area contributed by atoms with E-state index in [0.29, 0.717) is 11.3 Å². The van der Waals surface area contributed by atoms with Crippen LogP contribution in [0.15, 0.2) is 24.3 Å². The Labute approximate surface area is 123 Å². The average molecular weight is 291 g/mol.